The quantitative estimate of drug-likeness (QED) is 0.658. The third-order valence-corrected chi connectivity index (χ3v) is 4.60. The van der Waals surface area contributed by atoms with Gasteiger partial charge in [0.05, 0.1) is 25.4 Å². The van der Waals surface area contributed by atoms with Crippen molar-refractivity contribution in [2.24, 2.45) is 0 Å². The Hall–Kier alpha value is -1.43. The largest absolute Gasteiger partial charge is 0.466 e. The second-order valence-corrected chi connectivity index (χ2v) is 6.64. The van der Waals surface area contributed by atoms with Gasteiger partial charge in [0, 0.05) is 13.0 Å². The van der Waals surface area contributed by atoms with E-state index in [2.05, 4.69) is 4.90 Å². The van der Waals surface area contributed by atoms with Crippen LogP contribution in [0.4, 0.5) is 0 Å². The molecule has 0 bridgehead atoms. The van der Waals surface area contributed by atoms with E-state index in [1.165, 1.54) is 12.8 Å². The molecule has 5 nitrogen and oxygen atoms in total. The number of aliphatic hydroxyl groups is 1. The fourth-order valence-electron chi connectivity index (χ4n) is 3.29. The highest BCUT2D eigenvalue weighted by Gasteiger charge is 2.18. The predicted octanol–water partition coefficient (Wildman–Crippen LogP) is 2.72. The minimum absolute atomic E-state index is 0.119. The number of β-amino-alcohol motifs (C(OH)–C–C–N with tert-alkyl or cyclic N) is 1. The van der Waals surface area contributed by atoms with Gasteiger partial charge in [-0.3, -0.25) is 4.79 Å². The lowest BCUT2D eigenvalue weighted by Gasteiger charge is -2.22. The second-order valence-electron chi connectivity index (χ2n) is 6.64. The first-order valence-electron chi connectivity index (χ1n) is 9.35. The summed E-state index contributed by atoms with van der Waals surface area (Å²) in [6.07, 6.45) is 2.86. The number of likely N-dealkylation sites (tertiary alicyclic amines) is 1. The summed E-state index contributed by atoms with van der Waals surface area (Å²) in [5, 5.41) is 10.2. The summed E-state index contributed by atoms with van der Waals surface area (Å²) >= 11 is 0. The molecule has 0 radical (unpaired) electrons. The monoisotopic (exact) mass is 349 g/mol. The van der Waals surface area contributed by atoms with Crippen molar-refractivity contribution in [3.05, 3.63) is 35.4 Å². The van der Waals surface area contributed by atoms with Gasteiger partial charge in [-0.05, 0) is 57.3 Å². The number of nitrogens with zero attached hydrogens (tertiary/aromatic N) is 1. The van der Waals surface area contributed by atoms with Gasteiger partial charge in [-0.1, -0.05) is 24.3 Å². The Bertz CT molecular complexity index is 528. The molecule has 1 fully saturated rings. The zero-order chi connectivity index (χ0) is 18.1. The number of esters is 1. The van der Waals surface area contributed by atoms with E-state index in [-0.39, 0.29) is 12.1 Å². The Balaban J connectivity index is 1.83. The molecule has 25 heavy (non-hydrogen) atoms. The number of hydrogen-bond donors (Lipinski definition) is 1. The van der Waals surface area contributed by atoms with Crippen molar-refractivity contribution >= 4 is 5.97 Å². The van der Waals surface area contributed by atoms with Crippen LogP contribution < -0.4 is 0 Å². The Labute approximate surface area is 150 Å². The summed E-state index contributed by atoms with van der Waals surface area (Å²) in [4.78, 5) is 13.9. The fraction of sp³-hybridized carbons (Fsp3) is 0.650. The van der Waals surface area contributed by atoms with Crippen LogP contribution in [0.15, 0.2) is 24.3 Å². The molecule has 5 heteroatoms. The standard InChI is InChI=1S/C20H31NO4/c1-3-24-20(23)11-10-17-8-4-5-9-19(17)16(2)25-15-18(22)14-21-12-6-7-13-21/h4-5,8-9,16,18,22H,3,6-7,10-15H2,1-2H3/t16-,18?/m1/s1. The van der Waals surface area contributed by atoms with E-state index in [4.69, 9.17) is 9.47 Å². The first kappa shape index (κ1) is 19.9. The molecule has 1 aromatic carbocycles. The molecule has 1 saturated heterocycles. The molecule has 1 N–H and O–H groups in total. The number of carbonyl (C=O) groups excluding carboxylic acids is 1. The summed E-state index contributed by atoms with van der Waals surface area (Å²) in [5.41, 5.74) is 2.16. The highest BCUT2D eigenvalue weighted by atomic mass is 16.5. The maximum absolute atomic E-state index is 11.6. The lowest BCUT2D eigenvalue weighted by atomic mass is 9.99. The third-order valence-electron chi connectivity index (χ3n) is 4.60. The average Bonchev–Trinajstić information content (AvgIpc) is 3.11. The smallest absolute Gasteiger partial charge is 0.306 e. The summed E-state index contributed by atoms with van der Waals surface area (Å²) in [7, 11) is 0. The molecule has 0 aromatic heterocycles. The van der Waals surface area contributed by atoms with E-state index >= 15 is 0 Å². The lowest BCUT2D eigenvalue weighted by molar-refractivity contribution is -0.143. The van der Waals surface area contributed by atoms with E-state index in [1.54, 1.807) is 0 Å². The molecule has 2 rings (SSSR count). The van der Waals surface area contributed by atoms with Crippen LogP contribution in [-0.4, -0.2) is 54.9 Å². The van der Waals surface area contributed by atoms with Gasteiger partial charge in [0.15, 0.2) is 0 Å². The SMILES string of the molecule is CCOC(=O)CCc1ccccc1[C@@H](C)OCC(O)CN1CCCC1. The molecule has 2 atom stereocenters. The van der Waals surface area contributed by atoms with Crippen LogP contribution in [0.25, 0.3) is 0 Å². The minimum atomic E-state index is -0.466. The Morgan fingerprint density at radius 3 is 2.72 bits per heavy atom. The Morgan fingerprint density at radius 2 is 2.00 bits per heavy atom. The van der Waals surface area contributed by atoms with Crippen molar-refractivity contribution in [3.8, 4) is 0 Å². The van der Waals surface area contributed by atoms with E-state index in [0.717, 1.165) is 24.2 Å². The van der Waals surface area contributed by atoms with Crippen molar-refractivity contribution in [1.29, 1.82) is 0 Å². The summed E-state index contributed by atoms with van der Waals surface area (Å²) < 4.78 is 10.9. The number of carbonyl (C=O) groups is 1. The van der Waals surface area contributed by atoms with Crippen LogP contribution >= 0.6 is 0 Å². The third kappa shape index (κ3) is 6.77. The Kier molecular flexibility index (Phi) is 8.38. The van der Waals surface area contributed by atoms with Gasteiger partial charge in [-0.15, -0.1) is 0 Å². The predicted molar refractivity (Wildman–Crippen MR) is 97.4 cm³/mol. The number of benzene rings is 1. The minimum Gasteiger partial charge on any atom is -0.466 e. The maximum Gasteiger partial charge on any atom is 0.306 e. The summed E-state index contributed by atoms with van der Waals surface area (Å²) in [5.74, 6) is -0.174. The molecule has 0 aliphatic carbocycles. The zero-order valence-electron chi connectivity index (χ0n) is 15.4. The van der Waals surface area contributed by atoms with Crippen LogP contribution in [0.5, 0.6) is 0 Å². The van der Waals surface area contributed by atoms with Crippen molar-refractivity contribution in [3.63, 3.8) is 0 Å². The summed E-state index contributed by atoms with van der Waals surface area (Å²) in [6.45, 7) is 7.36. The van der Waals surface area contributed by atoms with Gasteiger partial charge in [0.2, 0.25) is 0 Å². The van der Waals surface area contributed by atoms with Gasteiger partial charge in [-0.2, -0.15) is 0 Å². The molecular formula is C20H31NO4. The topological polar surface area (TPSA) is 59.0 Å². The van der Waals surface area contributed by atoms with E-state index in [0.29, 0.717) is 32.6 Å². The van der Waals surface area contributed by atoms with Gasteiger partial charge in [0.25, 0.3) is 0 Å². The van der Waals surface area contributed by atoms with Crippen molar-refractivity contribution in [1.82, 2.24) is 4.90 Å². The normalized spacial score (nSPS) is 17.4. The number of rotatable bonds is 10. The highest BCUT2D eigenvalue weighted by molar-refractivity contribution is 5.69. The molecule has 0 spiro atoms. The molecule has 1 aliphatic heterocycles. The molecule has 1 aliphatic rings. The number of ether oxygens (including phenoxy) is 2. The fourth-order valence-corrected chi connectivity index (χ4v) is 3.29. The Morgan fingerprint density at radius 1 is 1.28 bits per heavy atom. The molecule has 1 heterocycles. The average molecular weight is 349 g/mol. The maximum atomic E-state index is 11.6. The molecule has 1 aromatic rings. The van der Waals surface area contributed by atoms with Crippen LogP contribution in [0.2, 0.25) is 0 Å². The summed E-state index contributed by atoms with van der Waals surface area (Å²) in [6, 6.07) is 8.00. The number of aliphatic hydroxyl groups excluding tert-OH is 1. The zero-order valence-corrected chi connectivity index (χ0v) is 15.4. The van der Waals surface area contributed by atoms with Crippen LogP contribution in [0.3, 0.4) is 0 Å². The van der Waals surface area contributed by atoms with Gasteiger partial charge < -0.3 is 19.5 Å². The molecule has 0 amide bonds. The van der Waals surface area contributed by atoms with Gasteiger partial charge in [0.1, 0.15) is 0 Å². The van der Waals surface area contributed by atoms with Crippen LogP contribution in [-0.2, 0) is 20.7 Å². The van der Waals surface area contributed by atoms with Gasteiger partial charge in [-0.25, -0.2) is 0 Å². The molecule has 1 unspecified atom stereocenters. The van der Waals surface area contributed by atoms with Crippen molar-refractivity contribution in [2.75, 3.05) is 32.8 Å². The van der Waals surface area contributed by atoms with Crippen molar-refractivity contribution in [2.45, 2.75) is 51.7 Å². The highest BCUT2D eigenvalue weighted by Crippen LogP contribution is 2.23. The first-order chi connectivity index (χ1) is 12.1. The van der Waals surface area contributed by atoms with Gasteiger partial charge >= 0.3 is 5.97 Å². The first-order valence-corrected chi connectivity index (χ1v) is 9.35. The second kappa shape index (κ2) is 10.5. The lowest BCUT2D eigenvalue weighted by Crippen LogP contribution is -2.33. The number of aryl methyl sites for hydroxylation is 1. The van der Waals surface area contributed by atoms with E-state index in [1.807, 2.05) is 38.1 Å². The van der Waals surface area contributed by atoms with Crippen molar-refractivity contribution < 1.29 is 19.4 Å². The molecular weight excluding hydrogens is 318 g/mol. The number of hydrogen-bond acceptors (Lipinski definition) is 5. The van der Waals surface area contributed by atoms with E-state index < -0.39 is 6.10 Å². The molecule has 140 valence electrons. The van der Waals surface area contributed by atoms with Crippen LogP contribution in [0.1, 0.15) is 50.3 Å². The van der Waals surface area contributed by atoms with Crippen LogP contribution in [0, 0.1) is 0 Å². The van der Waals surface area contributed by atoms with E-state index in [9.17, 15) is 9.90 Å². The molecule has 0 saturated carbocycles.